The lowest BCUT2D eigenvalue weighted by Gasteiger charge is -2.18. The average molecular weight is 447 g/mol. The Morgan fingerprint density at radius 2 is 2.00 bits per heavy atom. The van der Waals surface area contributed by atoms with Crippen molar-refractivity contribution in [1.82, 2.24) is 40.4 Å². The van der Waals surface area contributed by atoms with Gasteiger partial charge in [0.2, 0.25) is 5.91 Å². The van der Waals surface area contributed by atoms with Gasteiger partial charge in [-0.25, -0.2) is 24.9 Å². The second kappa shape index (κ2) is 8.04. The van der Waals surface area contributed by atoms with Gasteiger partial charge >= 0.3 is 0 Å². The number of aromatic nitrogens is 7. The van der Waals surface area contributed by atoms with Crippen LogP contribution in [0.4, 0.5) is 5.82 Å². The number of anilines is 1. The van der Waals surface area contributed by atoms with E-state index in [4.69, 9.17) is 4.52 Å². The van der Waals surface area contributed by atoms with E-state index in [1.807, 2.05) is 13.8 Å². The number of carbonyl (C=O) groups excluding carboxylic acids is 2. The molecule has 5 heterocycles. The SMILES string of the molecule is CC(C)c1ncc2nc(-c3cc([C@@H](C)NC(=O)c4ncnc5c4CCC(=O)N5)on3)[nH]c2n1. The first-order valence-electron chi connectivity index (χ1n) is 10.5. The lowest BCUT2D eigenvalue weighted by molar-refractivity contribution is -0.116. The molecule has 0 spiro atoms. The zero-order valence-electron chi connectivity index (χ0n) is 18.2. The van der Waals surface area contributed by atoms with Gasteiger partial charge in [0, 0.05) is 24.0 Å². The summed E-state index contributed by atoms with van der Waals surface area (Å²) in [5, 5.41) is 9.60. The first-order chi connectivity index (χ1) is 15.9. The molecule has 0 saturated carbocycles. The van der Waals surface area contributed by atoms with Crippen LogP contribution in [0.2, 0.25) is 0 Å². The number of carbonyl (C=O) groups is 2. The Morgan fingerprint density at radius 1 is 1.15 bits per heavy atom. The average Bonchev–Trinajstić information content (AvgIpc) is 3.45. The zero-order chi connectivity index (χ0) is 23.1. The second-order valence-corrected chi connectivity index (χ2v) is 8.11. The third kappa shape index (κ3) is 3.90. The minimum Gasteiger partial charge on any atom is -0.358 e. The molecule has 5 rings (SSSR count). The molecule has 12 heteroatoms. The summed E-state index contributed by atoms with van der Waals surface area (Å²) in [6, 6.07) is 1.22. The van der Waals surface area contributed by atoms with E-state index in [2.05, 4.69) is 45.7 Å². The summed E-state index contributed by atoms with van der Waals surface area (Å²) in [6.07, 6.45) is 3.61. The standard InChI is InChI=1S/C21H21N9O3/c1-9(2)17-22-7-13-20(28-17)29-19(26-13)12-6-14(33-30-12)10(3)25-21(32)16-11-4-5-15(31)27-18(11)24-8-23-16/h6-10H,4-5H2,1-3H3,(H,25,32)(H,22,26,28,29)(H,23,24,27,31)/t10-/m1/s1. The molecule has 0 radical (unpaired) electrons. The molecule has 1 aliphatic rings. The number of hydrogen-bond acceptors (Lipinski definition) is 9. The summed E-state index contributed by atoms with van der Waals surface area (Å²) in [7, 11) is 0. The smallest absolute Gasteiger partial charge is 0.270 e. The summed E-state index contributed by atoms with van der Waals surface area (Å²) in [5.74, 6) is 1.71. The number of fused-ring (bicyclic) bond motifs is 2. The fraction of sp³-hybridized carbons (Fsp3) is 0.333. The van der Waals surface area contributed by atoms with Gasteiger partial charge in [0.15, 0.2) is 17.2 Å². The fourth-order valence-corrected chi connectivity index (χ4v) is 3.55. The molecule has 33 heavy (non-hydrogen) atoms. The zero-order valence-corrected chi connectivity index (χ0v) is 18.2. The third-order valence-electron chi connectivity index (χ3n) is 5.34. The predicted molar refractivity (Wildman–Crippen MR) is 116 cm³/mol. The van der Waals surface area contributed by atoms with Crippen LogP contribution in [0.15, 0.2) is 23.1 Å². The quantitative estimate of drug-likeness (QED) is 0.416. The van der Waals surface area contributed by atoms with E-state index in [-0.39, 0.29) is 23.9 Å². The summed E-state index contributed by atoms with van der Waals surface area (Å²) in [6.45, 7) is 5.81. The molecule has 4 aromatic rings. The molecule has 1 aliphatic heterocycles. The highest BCUT2D eigenvalue weighted by Gasteiger charge is 2.25. The van der Waals surface area contributed by atoms with Crippen molar-refractivity contribution in [3.8, 4) is 11.5 Å². The molecular weight excluding hydrogens is 426 g/mol. The Bertz CT molecular complexity index is 1370. The van der Waals surface area contributed by atoms with Crippen LogP contribution in [0.3, 0.4) is 0 Å². The van der Waals surface area contributed by atoms with Crippen LogP contribution in [0.1, 0.15) is 66.8 Å². The molecule has 1 atom stereocenters. The maximum Gasteiger partial charge on any atom is 0.270 e. The van der Waals surface area contributed by atoms with Crippen molar-refractivity contribution in [1.29, 1.82) is 0 Å². The number of nitrogens with one attached hydrogen (secondary N) is 3. The third-order valence-corrected chi connectivity index (χ3v) is 5.34. The van der Waals surface area contributed by atoms with E-state index in [0.717, 1.165) is 5.82 Å². The Labute approximate surface area is 187 Å². The summed E-state index contributed by atoms with van der Waals surface area (Å²) < 4.78 is 5.45. The van der Waals surface area contributed by atoms with Crippen LogP contribution in [0.5, 0.6) is 0 Å². The van der Waals surface area contributed by atoms with Gasteiger partial charge in [0.05, 0.1) is 12.2 Å². The number of hydrogen-bond donors (Lipinski definition) is 3. The molecule has 4 aromatic heterocycles. The van der Waals surface area contributed by atoms with Crippen LogP contribution in [0, 0.1) is 0 Å². The number of aromatic amines is 1. The lowest BCUT2D eigenvalue weighted by atomic mass is 10.0. The van der Waals surface area contributed by atoms with Crippen molar-refractivity contribution < 1.29 is 14.1 Å². The highest BCUT2D eigenvalue weighted by atomic mass is 16.5. The maximum absolute atomic E-state index is 12.9. The largest absolute Gasteiger partial charge is 0.358 e. The molecule has 0 saturated heterocycles. The number of imidazole rings is 1. The van der Waals surface area contributed by atoms with E-state index in [1.54, 1.807) is 19.2 Å². The van der Waals surface area contributed by atoms with Gasteiger partial charge in [0.1, 0.15) is 34.9 Å². The summed E-state index contributed by atoms with van der Waals surface area (Å²) in [5.41, 5.74) is 2.57. The Kier molecular flexibility index (Phi) is 5.04. The number of H-pyrrole nitrogens is 1. The maximum atomic E-state index is 12.9. The number of rotatable bonds is 5. The molecule has 0 aliphatic carbocycles. The summed E-state index contributed by atoms with van der Waals surface area (Å²) in [4.78, 5) is 49.0. The fourth-order valence-electron chi connectivity index (χ4n) is 3.55. The Morgan fingerprint density at radius 3 is 2.82 bits per heavy atom. The van der Waals surface area contributed by atoms with Crippen LogP contribution in [0.25, 0.3) is 22.7 Å². The van der Waals surface area contributed by atoms with Crippen LogP contribution in [-0.2, 0) is 11.2 Å². The topological polar surface area (TPSA) is 164 Å². The molecule has 0 bridgehead atoms. The second-order valence-electron chi connectivity index (χ2n) is 8.11. The minimum atomic E-state index is -0.487. The lowest BCUT2D eigenvalue weighted by Crippen LogP contribution is -2.30. The van der Waals surface area contributed by atoms with E-state index < -0.39 is 11.9 Å². The van der Waals surface area contributed by atoms with Crippen molar-refractivity contribution in [3.05, 3.63) is 41.4 Å². The van der Waals surface area contributed by atoms with Crippen molar-refractivity contribution in [3.63, 3.8) is 0 Å². The van der Waals surface area contributed by atoms with Crippen LogP contribution < -0.4 is 10.6 Å². The molecule has 2 amide bonds. The molecule has 12 nitrogen and oxygen atoms in total. The molecule has 0 aromatic carbocycles. The molecular formula is C21H21N9O3. The van der Waals surface area contributed by atoms with Gasteiger partial charge in [-0.1, -0.05) is 19.0 Å². The van der Waals surface area contributed by atoms with Gasteiger partial charge < -0.3 is 20.1 Å². The van der Waals surface area contributed by atoms with Gasteiger partial charge in [-0.05, 0) is 13.3 Å². The summed E-state index contributed by atoms with van der Waals surface area (Å²) >= 11 is 0. The molecule has 0 fully saturated rings. The highest BCUT2D eigenvalue weighted by molar-refractivity contribution is 5.99. The Balaban J connectivity index is 1.34. The van der Waals surface area contributed by atoms with E-state index >= 15 is 0 Å². The first-order valence-corrected chi connectivity index (χ1v) is 10.5. The van der Waals surface area contributed by atoms with Crippen LogP contribution >= 0.6 is 0 Å². The number of amides is 2. The van der Waals surface area contributed by atoms with Crippen molar-refractivity contribution in [2.45, 2.75) is 45.6 Å². The van der Waals surface area contributed by atoms with E-state index in [1.165, 1.54) is 6.33 Å². The first kappa shape index (κ1) is 20.7. The van der Waals surface area contributed by atoms with Crippen molar-refractivity contribution in [2.24, 2.45) is 0 Å². The number of nitrogens with zero attached hydrogens (tertiary/aromatic N) is 6. The van der Waals surface area contributed by atoms with E-state index in [9.17, 15) is 9.59 Å². The van der Waals surface area contributed by atoms with Crippen molar-refractivity contribution in [2.75, 3.05) is 5.32 Å². The van der Waals surface area contributed by atoms with E-state index in [0.29, 0.717) is 46.2 Å². The van der Waals surface area contributed by atoms with Gasteiger partial charge in [-0.15, -0.1) is 0 Å². The van der Waals surface area contributed by atoms with Gasteiger partial charge in [0.25, 0.3) is 5.91 Å². The van der Waals surface area contributed by atoms with Gasteiger partial charge in [-0.3, -0.25) is 9.59 Å². The molecule has 168 valence electrons. The molecule has 0 unspecified atom stereocenters. The predicted octanol–water partition coefficient (Wildman–Crippen LogP) is 2.30. The Hall–Kier alpha value is -4.22. The minimum absolute atomic E-state index is 0.132. The van der Waals surface area contributed by atoms with Crippen molar-refractivity contribution >= 4 is 28.8 Å². The normalized spacial score (nSPS) is 14.2. The van der Waals surface area contributed by atoms with Crippen LogP contribution in [-0.4, -0.2) is 46.9 Å². The van der Waals surface area contributed by atoms with Gasteiger partial charge in [-0.2, -0.15) is 0 Å². The monoisotopic (exact) mass is 447 g/mol. The highest BCUT2D eigenvalue weighted by Crippen LogP contribution is 2.25. The molecule has 3 N–H and O–H groups in total.